The zero-order valence-corrected chi connectivity index (χ0v) is 18.8. The molecule has 10 nitrogen and oxygen atoms in total. The van der Waals surface area contributed by atoms with E-state index in [2.05, 4.69) is 20.6 Å². The van der Waals surface area contributed by atoms with E-state index in [1.807, 2.05) is 13.8 Å². The number of hydrogen-bond acceptors (Lipinski definition) is 8. The minimum absolute atomic E-state index is 0.251. The molecule has 0 aromatic heterocycles. The Balaban J connectivity index is 1.87. The van der Waals surface area contributed by atoms with E-state index in [4.69, 9.17) is 14.2 Å². The topological polar surface area (TPSA) is 125 Å². The Morgan fingerprint density at radius 3 is 2.30 bits per heavy atom. The number of ether oxygens (including phenoxy) is 4. The molecule has 0 aliphatic carbocycles. The number of anilines is 1. The Morgan fingerprint density at radius 1 is 0.909 bits per heavy atom. The predicted molar refractivity (Wildman–Crippen MR) is 122 cm³/mol. The standard InChI is InChI=1S/C23H27N3O7/c1-4-31-18-9-7-17(8-10-18)25-21(27)13-22(28)26-24-14-16-6-11-19(20(12-16)32-5-2)33-15-23(29)30-3/h6-12,14H,4-5,13,15H2,1-3H3,(H,25,27)(H,26,28). The summed E-state index contributed by atoms with van der Waals surface area (Å²) in [6.45, 7) is 4.37. The van der Waals surface area contributed by atoms with Crippen molar-refractivity contribution in [3.05, 3.63) is 48.0 Å². The van der Waals surface area contributed by atoms with Crippen molar-refractivity contribution in [2.24, 2.45) is 5.10 Å². The van der Waals surface area contributed by atoms with Gasteiger partial charge in [-0.1, -0.05) is 0 Å². The van der Waals surface area contributed by atoms with Gasteiger partial charge in [0.25, 0.3) is 0 Å². The van der Waals surface area contributed by atoms with Crippen LogP contribution in [0.1, 0.15) is 25.8 Å². The molecule has 0 spiro atoms. The molecule has 0 heterocycles. The third-order valence-corrected chi connectivity index (χ3v) is 4.01. The van der Waals surface area contributed by atoms with Crippen LogP contribution in [-0.4, -0.2) is 50.9 Å². The summed E-state index contributed by atoms with van der Waals surface area (Å²) in [6, 6.07) is 11.8. The molecule has 0 aliphatic rings. The summed E-state index contributed by atoms with van der Waals surface area (Å²) in [4.78, 5) is 35.3. The second kappa shape index (κ2) is 13.4. The first-order chi connectivity index (χ1) is 15.9. The number of benzene rings is 2. The zero-order chi connectivity index (χ0) is 24.1. The van der Waals surface area contributed by atoms with Crippen molar-refractivity contribution in [2.75, 3.05) is 32.2 Å². The summed E-state index contributed by atoms with van der Waals surface area (Å²) in [5.74, 6) is -0.0911. The van der Waals surface area contributed by atoms with Gasteiger partial charge < -0.3 is 24.3 Å². The van der Waals surface area contributed by atoms with Crippen LogP contribution in [0.25, 0.3) is 0 Å². The first-order valence-corrected chi connectivity index (χ1v) is 10.3. The van der Waals surface area contributed by atoms with Gasteiger partial charge in [0, 0.05) is 5.69 Å². The van der Waals surface area contributed by atoms with Crippen LogP contribution in [0.2, 0.25) is 0 Å². The maximum Gasteiger partial charge on any atom is 0.343 e. The quantitative estimate of drug-likeness (QED) is 0.217. The van der Waals surface area contributed by atoms with Gasteiger partial charge in [0.05, 0.1) is 26.5 Å². The molecular weight excluding hydrogens is 430 g/mol. The minimum atomic E-state index is -0.572. The normalized spacial score (nSPS) is 10.4. The van der Waals surface area contributed by atoms with Crippen molar-refractivity contribution >= 4 is 29.7 Å². The molecule has 33 heavy (non-hydrogen) atoms. The van der Waals surface area contributed by atoms with Crippen LogP contribution in [0.4, 0.5) is 5.69 Å². The lowest BCUT2D eigenvalue weighted by Crippen LogP contribution is -2.24. The largest absolute Gasteiger partial charge is 0.494 e. The molecule has 0 aliphatic heterocycles. The number of nitrogens with one attached hydrogen (secondary N) is 2. The molecule has 0 bridgehead atoms. The summed E-state index contributed by atoms with van der Waals surface area (Å²) < 4.78 is 20.8. The number of hydrazone groups is 1. The number of methoxy groups -OCH3 is 1. The van der Waals surface area contributed by atoms with Crippen molar-refractivity contribution in [1.29, 1.82) is 0 Å². The molecule has 0 fully saturated rings. The second-order valence-electron chi connectivity index (χ2n) is 6.48. The van der Waals surface area contributed by atoms with E-state index in [1.54, 1.807) is 42.5 Å². The molecule has 2 aromatic rings. The SMILES string of the molecule is CCOc1ccc(NC(=O)CC(=O)NN=Cc2ccc(OCC(=O)OC)c(OCC)c2)cc1. The fourth-order valence-corrected chi connectivity index (χ4v) is 2.56. The Hall–Kier alpha value is -4.08. The molecular formula is C23H27N3O7. The van der Waals surface area contributed by atoms with Crippen LogP contribution >= 0.6 is 0 Å². The third kappa shape index (κ3) is 8.90. The van der Waals surface area contributed by atoms with Crippen LogP contribution in [0.5, 0.6) is 17.2 Å². The smallest absolute Gasteiger partial charge is 0.343 e. The lowest BCUT2D eigenvalue weighted by Gasteiger charge is -2.11. The van der Waals surface area contributed by atoms with Gasteiger partial charge in [-0.15, -0.1) is 0 Å². The Bertz CT molecular complexity index is 975. The number of amides is 2. The summed E-state index contributed by atoms with van der Waals surface area (Å²) in [5, 5.41) is 6.49. The molecule has 10 heteroatoms. The average molecular weight is 457 g/mol. The highest BCUT2D eigenvalue weighted by molar-refractivity contribution is 6.03. The minimum Gasteiger partial charge on any atom is -0.494 e. The van der Waals surface area contributed by atoms with Gasteiger partial charge in [-0.05, 0) is 61.9 Å². The van der Waals surface area contributed by atoms with Crippen molar-refractivity contribution in [2.45, 2.75) is 20.3 Å². The molecule has 2 aromatic carbocycles. The van der Waals surface area contributed by atoms with E-state index in [0.29, 0.717) is 41.7 Å². The fraction of sp³-hybridized carbons (Fsp3) is 0.304. The lowest BCUT2D eigenvalue weighted by molar-refractivity contribution is -0.143. The molecule has 2 rings (SSSR count). The zero-order valence-electron chi connectivity index (χ0n) is 18.8. The molecule has 0 unspecified atom stereocenters. The van der Waals surface area contributed by atoms with Crippen molar-refractivity contribution in [3.8, 4) is 17.2 Å². The number of esters is 1. The van der Waals surface area contributed by atoms with Crippen molar-refractivity contribution in [3.63, 3.8) is 0 Å². The van der Waals surface area contributed by atoms with Crippen LogP contribution < -0.4 is 25.0 Å². The van der Waals surface area contributed by atoms with Crippen molar-refractivity contribution in [1.82, 2.24) is 5.43 Å². The molecule has 0 atom stereocenters. The van der Waals surface area contributed by atoms with Gasteiger partial charge in [-0.2, -0.15) is 5.10 Å². The highest BCUT2D eigenvalue weighted by Gasteiger charge is 2.10. The third-order valence-electron chi connectivity index (χ3n) is 4.01. The number of carbonyl (C=O) groups excluding carboxylic acids is 3. The molecule has 176 valence electrons. The Kier molecular flexibility index (Phi) is 10.2. The number of nitrogens with zero attached hydrogens (tertiary/aromatic N) is 1. The number of rotatable bonds is 12. The predicted octanol–water partition coefficient (Wildman–Crippen LogP) is 2.51. The lowest BCUT2D eigenvalue weighted by atomic mass is 10.2. The van der Waals surface area contributed by atoms with Gasteiger partial charge >= 0.3 is 5.97 Å². The highest BCUT2D eigenvalue weighted by Crippen LogP contribution is 2.28. The number of carbonyl (C=O) groups is 3. The van der Waals surface area contributed by atoms with E-state index in [1.165, 1.54) is 13.3 Å². The first kappa shape index (κ1) is 25.2. The molecule has 0 radical (unpaired) electrons. The van der Waals surface area contributed by atoms with Crippen molar-refractivity contribution < 1.29 is 33.3 Å². The van der Waals surface area contributed by atoms with Gasteiger partial charge in [0.1, 0.15) is 12.2 Å². The van der Waals surface area contributed by atoms with Gasteiger partial charge in [0.2, 0.25) is 11.8 Å². The molecule has 2 N–H and O–H groups in total. The summed E-state index contributed by atoms with van der Waals surface area (Å²) in [6.07, 6.45) is 1.00. The molecule has 0 saturated heterocycles. The summed E-state index contributed by atoms with van der Waals surface area (Å²) in [7, 11) is 1.27. The Labute approximate surface area is 191 Å². The van der Waals surface area contributed by atoms with E-state index >= 15 is 0 Å². The summed E-state index contributed by atoms with van der Waals surface area (Å²) in [5.41, 5.74) is 3.47. The maximum atomic E-state index is 12.0. The van der Waals surface area contributed by atoms with Crippen LogP contribution in [0, 0.1) is 0 Å². The number of hydrogen-bond donors (Lipinski definition) is 2. The molecule has 0 saturated carbocycles. The molecule has 2 amide bonds. The fourth-order valence-electron chi connectivity index (χ4n) is 2.56. The van der Waals surface area contributed by atoms with Crippen LogP contribution in [-0.2, 0) is 19.1 Å². The average Bonchev–Trinajstić information content (AvgIpc) is 2.80. The monoisotopic (exact) mass is 457 g/mol. The summed E-state index contributed by atoms with van der Waals surface area (Å²) >= 11 is 0. The van der Waals surface area contributed by atoms with E-state index in [-0.39, 0.29) is 6.61 Å². The van der Waals surface area contributed by atoms with E-state index in [0.717, 1.165) is 0 Å². The first-order valence-electron chi connectivity index (χ1n) is 10.3. The van der Waals surface area contributed by atoms with Gasteiger partial charge in [0.15, 0.2) is 18.1 Å². The highest BCUT2D eigenvalue weighted by atomic mass is 16.6. The Morgan fingerprint density at radius 2 is 1.64 bits per heavy atom. The second-order valence-corrected chi connectivity index (χ2v) is 6.48. The van der Waals surface area contributed by atoms with E-state index in [9.17, 15) is 14.4 Å². The van der Waals surface area contributed by atoms with Crippen LogP contribution in [0.3, 0.4) is 0 Å². The van der Waals surface area contributed by atoms with Crippen LogP contribution in [0.15, 0.2) is 47.6 Å². The maximum absolute atomic E-state index is 12.0. The van der Waals surface area contributed by atoms with Gasteiger partial charge in [-0.25, -0.2) is 10.2 Å². The van der Waals surface area contributed by atoms with Gasteiger partial charge in [-0.3, -0.25) is 9.59 Å². The van der Waals surface area contributed by atoms with E-state index < -0.39 is 24.2 Å².